The van der Waals surface area contributed by atoms with Gasteiger partial charge in [0, 0.05) is 34.8 Å². The number of aromatic amines is 1. The number of nitrogens with zero attached hydrogens (tertiary/aromatic N) is 5. The normalized spacial score (nSPS) is 11.4. The van der Waals surface area contributed by atoms with E-state index in [2.05, 4.69) is 20.3 Å². The highest BCUT2D eigenvalue weighted by molar-refractivity contribution is 5.89. The third-order valence-electron chi connectivity index (χ3n) is 4.85. The van der Waals surface area contributed by atoms with Crippen LogP contribution < -0.4 is 11.2 Å². The summed E-state index contributed by atoms with van der Waals surface area (Å²) in [4.78, 5) is 32.9. The van der Waals surface area contributed by atoms with Gasteiger partial charge in [0.05, 0.1) is 17.4 Å². The number of aryl methyl sites for hydroxylation is 1. The van der Waals surface area contributed by atoms with Crippen molar-refractivity contribution in [3.8, 4) is 11.4 Å². The molecule has 0 aliphatic rings. The zero-order valence-corrected chi connectivity index (χ0v) is 15.4. The molecule has 0 amide bonds. The number of pyridine rings is 1. The van der Waals surface area contributed by atoms with Crippen LogP contribution in [0, 0.1) is 18.6 Å². The van der Waals surface area contributed by atoms with E-state index in [1.807, 2.05) is 12.1 Å². The van der Waals surface area contributed by atoms with Crippen molar-refractivity contribution in [3.05, 3.63) is 87.0 Å². The van der Waals surface area contributed by atoms with Crippen LogP contribution in [0.4, 0.5) is 8.78 Å². The summed E-state index contributed by atoms with van der Waals surface area (Å²) in [5.74, 6) is -2.18. The van der Waals surface area contributed by atoms with E-state index in [0.717, 1.165) is 26.8 Å². The number of H-pyrrole nitrogens is 1. The lowest BCUT2D eigenvalue weighted by atomic mass is 10.1. The average Bonchev–Trinajstić information content (AvgIpc) is 3.10. The molecule has 0 bridgehead atoms. The molecule has 0 aliphatic carbocycles. The van der Waals surface area contributed by atoms with Crippen molar-refractivity contribution < 1.29 is 8.78 Å². The monoisotopic (exact) mass is 406 g/mol. The van der Waals surface area contributed by atoms with Gasteiger partial charge in [-0.2, -0.15) is 0 Å². The second-order valence-electron chi connectivity index (χ2n) is 6.68. The molecule has 0 atom stereocenters. The van der Waals surface area contributed by atoms with E-state index in [4.69, 9.17) is 0 Å². The summed E-state index contributed by atoms with van der Waals surface area (Å²) in [5.41, 5.74) is -0.780. The van der Waals surface area contributed by atoms with Gasteiger partial charge in [-0.05, 0) is 6.92 Å². The van der Waals surface area contributed by atoms with E-state index < -0.39 is 22.9 Å². The number of fused-ring (bicyclic) bond motifs is 2. The highest BCUT2D eigenvalue weighted by Gasteiger charge is 2.20. The Morgan fingerprint density at radius 2 is 1.80 bits per heavy atom. The number of benzene rings is 2. The third kappa shape index (κ3) is 2.54. The van der Waals surface area contributed by atoms with Crippen LogP contribution in [0.15, 0.2) is 58.4 Å². The fourth-order valence-electron chi connectivity index (χ4n) is 3.46. The van der Waals surface area contributed by atoms with Crippen molar-refractivity contribution in [2.24, 2.45) is 0 Å². The average molecular weight is 406 g/mol. The molecule has 0 radical (unpaired) electrons. The second-order valence-corrected chi connectivity index (χ2v) is 6.68. The Kier molecular flexibility index (Phi) is 3.82. The molecule has 2 aromatic carbocycles. The predicted molar refractivity (Wildman–Crippen MR) is 105 cm³/mol. The van der Waals surface area contributed by atoms with Crippen molar-refractivity contribution in [3.63, 3.8) is 0 Å². The first-order valence-electron chi connectivity index (χ1n) is 8.85. The van der Waals surface area contributed by atoms with Crippen molar-refractivity contribution in [2.75, 3.05) is 0 Å². The SMILES string of the molecule is Cc1[nH]c(=O)n(-c2cncc3ccccc23)c(=O)c1-n1nnc2cc(F)c(F)cc21. The number of rotatable bonds is 2. The number of hydrogen-bond donors (Lipinski definition) is 1. The first-order chi connectivity index (χ1) is 14.5. The van der Waals surface area contributed by atoms with Crippen molar-refractivity contribution in [1.29, 1.82) is 0 Å². The molecule has 0 aliphatic heterocycles. The summed E-state index contributed by atoms with van der Waals surface area (Å²) in [5, 5.41) is 9.07. The molecule has 0 saturated carbocycles. The van der Waals surface area contributed by atoms with Crippen LogP contribution in [0.2, 0.25) is 0 Å². The molecule has 10 heteroatoms. The molecule has 148 valence electrons. The van der Waals surface area contributed by atoms with Gasteiger partial charge < -0.3 is 4.98 Å². The van der Waals surface area contributed by atoms with Crippen LogP contribution in [0.1, 0.15) is 5.69 Å². The highest BCUT2D eigenvalue weighted by atomic mass is 19.2. The third-order valence-corrected chi connectivity index (χ3v) is 4.85. The minimum atomic E-state index is -1.10. The number of halogens is 2. The van der Waals surface area contributed by atoms with E-state index in [0.29, 0.717) is 5.39 Å². The highest BCUT2D eigenvalue weighted by Crippen LogP contribution is 2.21. The molecule has 30 heavy (non-hydrogen) atoms. The molecule has 5 aromatic rings. The molecule has 0 unspecified atom stereocenters. The Hall–Kier alpha value is -4.21. The molecule has 0 fully saturated rings. The summed E-state index contributed by atoms with van der Waals surface area (Å²) in [6, 6.07) is 8.96. The maximum atomic E-state index is 13.8. The predicted octanol–water partition coefficient (Wildman–Crippen LogP) is 2.39. The van der Waals surface area contributed by atoms with Crippen LogP contribution in [0.3, 0.4) is 0 Å². The number of hydrogen-bond acceptors (Lipinski definition) is 5. The van der Waals surface area contributed by atoms with Crippen LogP contribution >= 0.6 is 0 Å². The van der Waals surface area contributed by atoms with E-state index in [1.54, 1.807) is 18.3 Å². The first kappa shape index (κ1) is 17.9. The second kappa shape index (κ2) is 6.41. The maximum Gasteiger partial charge on any atom is 0.333 e. The lowest BCUT2D eigenvalue weighted by Crippen LogP contribution is -2.37. The van der Waals surface area contributed by atoms with Gasteiger partial charge in [0.15, 0.2) is 17.3 Å². The van der Waals surface area contributed by atoms with Crippen LogP contribution in [0.5, 0.6) is 0 Å². The van der Waals surface area contributed by atoms with Gasteiger partial charge in [0.2, 0.25) is 0 Å². The first-order valence-corrected chi connectivity index (χ1v) is 8.85. The largest absolute Gasteiger partial charge is 0.333 e. The molecule has 5 rings (SSSR count). The Balaban J connectivity index is 1.86. The lowest BCUT2D eigenvalue weighted by molar-refractivity contribution is 0.510. The van der Waals surface area contributed by atoms with Crippen LogP contribution in [-0.4, -0.2) is 29.5 Å². The van der Waals surface area contributed by atoms with Gasteiger partial charge in [-0.15, -0.1) is 5.10 Å². The summed E-state index contributed by atoms with van der Waals surface area (Å²) >= 11 is 0. The summed E-state index contributed by atoms with van der Waals surface area (Å²) in [6.07, 6.45) is 3.03. The molecule has 8 nitrogen and oxygen atoms in total. The summed E-state index contributed by atoms with van der Waals surface area (Å²) in [7, 11) is 0. The molecule has 1 N–H and O–H groups in total. The van der Waals surface area contributed by atoms with E-state index in [1.165, 1.54) is 13.1 Å². The van der Waals surface area contributed by atoms with Crippen molar-refractivity contribution in [2.45, 2.75) is 6.92 Å². The molecule has 3 heterocycles. The lowest BCUT2D eigenvalue weighted by Gasteiger charge is -2.12. The minimum Gasteiger partial charge on any atom is -0.309 e. The zero-order valence-electron chi connectivity index (χ0n) is 15.4. The Morgan fingerprint density at radius 3 is 2.63 bits per heavy atom. The van der Waals surface area contributed by atoms with Gasteiger partial charge in [-0.25, -0.2) is 22.8 Å². The van der Waals surface area contributed by atoms with Crippen LogP contribution in [0.25, 0.3) is 33.2 Å². The van der Waals surface area contributed by atoms with Gasteiger partial charge >= 0.3 is 5.69 Å². The van der Waals surface area contributed by atoms with Crippen molar-refractivity contribution >= 4 is 21.8 Å². The number of nitrogens with one attached hydrogen (secondary N) is 1. The minimum absolute atomic E-state index is 0.0453. The van der Waals surface area contributed by atoms with E-state index in [-0.39, 0.29) is 28.1 Å². The summed E-state index contributed by atoms with van der Waals surface area (Å²) < 4.78 is 29.4. The van der Waals surface area contributed by atoms with E-state index in [9.17, 15) is 18.4 Å². The molecular formula is C20H12F2N6O2. The van der Waals surface area contributed by atoms with Gasteiger partial charge in [-0.3, -0.25) is 9.78 Å². The smallest absolute Gasteiger partial charge is 0.309 e. The quantitative estimate of drug-likeness (QED) is 0.485. The van der Waals surface area contributed by atoms with Crippen molar-refractivity contribution in [1.82, 2.24) is 29.5 Å². The Morgan fingerprint density at radius 1 is 1.03 bits per heavy atom. The van der Waals surface area contributed by atoms with Gasteiger partial charge in [-0.1, -0.05) is 29.5 Å². The Bertz CT molecular complexity index is 1580. The Labute approximate surface area is 166 Å². The van der Waals surface area contributed by atoms with Gasteiger partial charge in [0.1, 0.15) is 5.52 Å². The van der Waals surface area contributed by atoms with Gasteiger partial charge in [0.25, 0.3) is 5.56 Å². The molecule has 0 saturated heterocycles. The standard InChI is InChI=1S/C20H12F2N6O2/c1-10-18(28-16-7-14(22)13(21)6-15(16)25-26-28)19(29)27(20(30)24-10)17-9-23-8-11-4-2-3-5-12(11)17/h2-9H,1H3,(H,24,30). The topological polar surface area (TPSA) is 98.5 Å². The molecule has 3 aromatic heterocycles. The maximum absolute atomic E-state index is 13.8. The zero-order chi connectivity index (χ0) is 21.0. The number of aromatic nitrogens is 6. The fraction of sp³-hybridized carbons (Fsp3) is 0.0500. The summed E-state index contributed by atoms with van der Waals surface area (Å²) in [6.45, 7) is 1.51. The molecular weight excluding hydrogens is 394 g/mol. The molecule has 0 spiro atoms. The fourth-order valence-corrected chi connectivity index (χ4v) is 3.46. The van der Waals surface area contributed by atoms with Crippen LogP contribution in [-0.2, 0) is 0 Å². The van der Waals surface area contributed by atoms with E-state index >= 15 is 0 Å².